The van der Waals surface area contributed by atoms with E-state index < -0.39 is 0 Å². The second-order valence-corrected chi connectivity index (χ2v) is 8.00. The molecule has 0 aliphatic carbocycles. The molecular weight excluding hydrogens is 357 g/mol. The highest BCUT2D eigenvalue weighted by atomic mass is 19.1. The van der Waals surface area contributed by atoms with Crippen molar-refractivity contribution in [2.24, 2.45) is 0 Å². The number of nitrogens with zero attached hydrogens (tertiary/aromatic N) is 5. The van der Waals surface area contributed by atoms with Crippen molar-refractivity contribution >= 4 is 0 Å². The van der Waals surface area contributed by atoms with Crippen LogP contribution in [0.5, 0.6) is 0 Å². The summed E-state index contributed by atoms with van der Waals surface area (Å²) in [6.07, 6.45) is 5.75. The molecule has 4 rings (SSSR count). The third kappa shape index (κ3) is 3.71. The van der Waals surface area contributed by atoms with Gasteiger partial charge in [0.05, 0.1) is 18.1 Å². The fourth-order valence-corrected chi connectivity index (χ4v) is 3.89. The lowest BCUT2D eigenvalue weighted by atomic mass is 9.80. The number of piperidine rings is 1. The normalized spacial score (nSPS) is 18.3. The molecule has 2 aromatic heterocycles. The zero-order chi connectivity index (χ0) is 19.7. The Labute approximate surface area is 164 Å². The highest BCUT2D eigenvalue weighted by Gasteiger charge is 2.36. The Hall–Kier alpha value is -2.54. The van der Waals surface area contributed by atoms with Gasteiger partial charge < -0.3 is 9.09 Å². The summed E-state index contributed by atoms with van der Waals surface area (Å²) in [5.41, 5.74) is 2.17. The maximum absolute atomic E-state index is 13.2. The Morgan fingerprint density at radius 2 is 1.93 bits per heavy atom. The van der Waals surface area contributed by atoms with Crippen LogP contribution in [0.2, 0.25) is 0 Å². The van der Waals surface area contributed by atoms with Crippen molar-refractivity contribution in [3.8, 4) is 0 Å². The number of imidazole rings is 1. The first-order chi connectivity index (χ1) is 13.4. The predicted octanol–water partition coefficient (Wildman–Crippen LogP) is 3.88. The minimum Gasteiger partial charge on any atom is -0.339 e. The van der Waals surface area contributed by atoms with Gasteiger partial charge in [0, 0.05) is 18.2 Å². The van der Waals surface area contributed by atoms with Crippen LogP contribution in [0.4, 0.5) is 4.39 Å². The van der Waals surface area contributed by atoms with E-state index in [2.05, 4.69) is 38.4 Å². The van der Waals surface area contributed by atoms with Gasteiger partial charge in [0.2, 0.25) is 5.89 Å². The molecule has 7 heteroatoms. The average molecular weight is 383 g/mol. The summed E-state index contributed by atoms with van der Waals surface area (Å²) in [6, 6.07) is 6.79. The molecule has 1 fully saturated rings. The lowest BCUT2D eigenvalue weighted by Crippen LogP contribution is -2.41. The summed E-state index contributed by atoms with van der Waals surface area (Å²) < 4.78 is 20.8. The second-order valence-electron chi connectivity index (χ2n) is 8.00. The van der Waals surface area contributed by atoms with Crippen LogP contribution < -0.4 is 0 Å². The van der Waals surface area contributed by atoms with Crippen LogP contribution in [0.3, 0.4) is 0 Å². The maximum atomic E-state index is 13.2. The molecule has 1 saturated heterocycles. The molecule has 1 aliphatic heterocycles. The number of benzene rings is 1. The Morgan fingerprint density at radius 1 is 1.21 bits per heavy atom. The highest BCUT2D eigenvalue weighted by molar-refractivity contribution is 5.21. The van der Waals surface area contributed by atoms with Crippen LogP contribution in [0, 0.1) is 12.7 Å². The van der Waals surface area contributed by atoms with E-state index in [1.54, 1.807) is 0 Å². The monoisotopic (exact) mass is 383 g/mol. The van der Waals surface area contributed by atoms with Gasteiger partial charge >= 0.3 is 0 Å². The van der Waals surface area contributed by atoms with Gasteiger partial charge in [-0.05, 0) is 57.5 Å². The molecular formula is C21H26FN5O. The third-order valence-electron chi connectivity index (χ3n) is 5.91. The van der Waals surface area contributed by atoms with Gasteiger partial charge in [0.15, 0.2) is 5.82 Å². The number of hydrogen-bond donors (Lipinski definition) is 0. The first kappa shape index (κ1) is 18.8. The number of likely N-dealkylation sites (tertiary alicyclic amines) is 1. The Morgan fingerprint density at radius 3 is 2.57 bits per heavy atom. The third-order valence-corrected chi connectivity index (χ3v) is 5.91. The SMILES string of the molecule is Cc1noc(C2(C)CCN(Cc3cncn3[C@H](C)c3ccc(F)cc3)CC2)n1. The Balaban J connectivity index is 1.42. The molecule has 0 amide bonds. The Kier molecular flexibility index (Phi) is 5.02. The van der Waals surface area contributed by atoms with Gasteiger partial charge in [-0.1, -0.05) is 24.2 Å². The molecule has 6 nitrogen and oxygen atoms in total. The van der Waals surface area contributed by atoms with Crippen LogP contribution in [0.25, 0.3) is 0 Å². The van der Waals surface area contributed by atoms with Crippen LogP contribution in [0.15, 0.2) is 41.3 Å². The fourth-order valence-electron chi connectivity index (χ4n) is 3.89. The molecule has 3 heterocycles. The van der Waals surface area contributed by atoms with Gasteiger partial charge in [-0.15, -0.1) is 0 Å². The van der Waals surface area contributed by atoms with E-state index in [0.717, 1.165) is 49.6 Å². The molecule has 1 aliphatic rings. The van der Waals surface area contributed by atoms with Crippen LogP contribution in [0.1, 0.15) is 55.7 Å². The summed E-state index contributed by atoms with van der Waals surface area (Å²) in [7, 11) is 0. The van der Waals surface area contributed by atoms with Crippen molar-refractivity contribution in [1.82, 2.24) is 24.6 Å². The maximum Gasteiger partial charge on any atom is 0.232 e. The number of halogens is 1. The number of hydrogen-bond acceptors (Lipinski definition) is 5. The molecule has 1 aromatic carbocycles. The van der Waals surface area contributed by atoms with Gasteiger partial charge in [0.25, 0.3) is 0 Å². The van der Waals surface area contributed by atoms with E-state index in [4.69, 9.17) is 4.52 Å². The van der Waals surface area contributed by atoms with Gasteiger partial charge in [0.1, 0.15) is 5.82 Å². The minimum absolute atomic E-state index is 0.0561. The van der Waals surface area contributed by atoms with Crippen molar-refractivity contribution in [3.05, 3.63) is 65.6 Å². The van der Waals surface area contributed by atoms with E-state index in [9.17, 15) is 4.39 Å². The summed E-state index contributed by atoms with van der Waals surface area (Å²) in [6.45, 7) is 8.95. The van der Waals surface area contributed by atoms with Crippen molar-refractivity contribution in [2.75, 3.05) is 13.1 Å². The van der Waals surface area contributed by atoms with E-state index in [1.807, 2.05) is 31.6 Å². The number of aromatic nitrogens is 4. The smallest absolute Gasteiger partial charge is 0.232 e. The van der Waals surface area contributed by atoms with E-state index >= 15 is 0 Å². The lowest BCUT2D eigenvalue weighted by molar-refractivity contribution is 0.135. The molecule has 148 valence electrons. The second kappa shape index (κ2) is 7.47. The fraction of sp³-hybridized carbons (Fsp3) is 0.476. The molecule has 0 N–H and O–H groups in total. The zero-order valence-electron chi connectivity index (χ0n) is 16.6. The summed E-state index contributed by atoms with van der Waals surface area (Å²) in [4.78, 5) is 11.2. The summed E-state index contributed by atoms with van der Waals surface area (Å²) in [5.74, 6) is 1.23. The highest BCUT2D eigenvalue weighted by Crippen LogP contribution is 2.34. The van der Waals surface area contributed by atoms with Crippen LogP contribution in [-0.4, -0.2) is 37.7 Å². The molecule has 0 spiro atoms. The number of aryl methyl sites for hydroxylation is 1. The van der Waals surface area contributed by atoms with Crippen LogP contribution >= 0.6 is 0 Å². The summed E-state index contributed by atoms with van der Waals surface area (Å²) in [5, 5.41) is 3.95. The molecule has 0 unspecified atom stereocenters. The quantitative estimate of drug-likeness (QED) is 0.669. The molecule has 28 heavy (non-hydrogen) atoms. The van der Waals surface area contributed by atoms with E-state index in [-0.39, 0.29) is 17.3 Å². The van der Waals surface area contributed by atoms with E-state index in [0.29, 0.717) is 5.82 Å². The van der Waals surface area contributed by atoms with Crippen molar-refractivity contribution in [1.29, 1.82) is 0 Å². The zero-order valence-corrected chi connectivity index (χ0v) is 16.6. The van der Waals surface area contributed by atoms with Gasteiger partial charge in [-0.3, -0.25) is 4.90 Å². The first-order valence-electron chi connectivity index (χ1n) is 9.74. The van der Waals surface area contributed by atoms with Crippen molar-refractivity contribution < 1.29 is 8.91 Å². The largest absolute Gasteiger partial charge is 0.339 e. The predicted molar refractivity (Wildman–Crippen MR) is 103 cm³/mol. The first-order valence-corrected chi connectivity index (χ1v) is 9.74. The number of rotatable bonds is 5. The Bertz CT molecular complexity index is 924. The van der Waals surface area contributed by atoms with Crippen molar-refractivity contribution in [3.63, 3.8) is 0 Å². The lowest BCUT2D eigenvalue weighted by Gasteiger charge is -2.37. The average Bonchev–Trinajstić information content (AvgIpc) is 3.33. The topological polar surface area (TPSA) is 60.0 Å². The molecule has 0 radical (unpaired) electrons. The van der Waals surface area contributed by atoms with Gasteiger partial charge in [-0.2, -0.15) is 4.98 Å². The minimum atomic E-state index is -0.213. The van der Waals surface area contributed by atoms with E-state index in [1.165, 1.54) is 12.1 Å². The molecule has 3 aromatic rings. The summed E-state index contributed by atoms with van der Waals surface area (Å²) >= 11 is 0. The van der Waals surface area contributed by atoms with Gasteiger partial charge in [-0.25, -0.2) is 9.37 Å². The molecule has 1 atom stereocenters. The van der Waals surface area contributed by atoms with Crippen LogP contribution in [-0.2, 0) is 12.0 Å². The standard InChI is InChI=1S/C21H26FN5O/c1-15(17-4-6-18(22)7-5-17)27-14-23-12-19(27)13-26-10-8-21(3,9-11-26)20-24-16(2)25-28-20/h4-7,12,14-15H,8-11,13H2,1-3H3/t15-/m1/s1. The van der Waals surface area contributed by atoms with Crippen molar-refractivity contribution in [2.45, 2.75) is 51.6 Å². The molecule has 0 bridgehead atoms. The molecule has 0 saturated carbocycles.